The molecule has 0 amide bonds. The van der Waals surface area contributed by atoms with Crippen LogP contribution in [0.3, 0.4) is 0 Å². The summed E-state index contributed by atoms with van der Waals surface area (Å²) in [5.74, 6) is 0.557. The third-order valence-electron chi connectivity index (χ3n) is 4.19. The van der Waals surface area contributed by atoms with Crippen molar-refractivity contribution in [2.45, 2.75) is 18.8 Å². The highest BCUT2D eigenvalue weighted by Crippen LogP contribution is 2.35. The van der Waals surface area contributed by atoms with E-state index in [9.17, 15) is 5.26 Å². The molecule has 0 bridgehead atoms. The first-order chi connectivity index (χ1) is 10.2. The number of aromatic nitrogens is 2. The minimum atomic E-state index is 0.557. The number of nitrogens with zero attached hydrogens (tertiary/aromatic N) is 4. The summed E-state index contributed by atoms with van der Waals surface area (Å²) in [7, 11) is 2.05. The second-order valence-electron chi connectivity index (χ2n) is 5.44. The summed E-state index contributed by atoms with van der Waals surface area (Å²) in [6.45, 7) is 1.93. The molecule has 0 unspecified atom stereocenters. The largest absolute Gasteiger partial charge is 0.370 e. The van der Waals surface area contributed by atoms with Crippen molar-refractivity contribution in [3.63, 3.8) is 0 Å². The second-order valence-corrected chi connectivity index (χ2v) is 6.29. The third kappa shape index (κ3) is 2.68. The van der Waals surface area contributed by atoms with E-state index in [1.54, 1.807) is 0 Å². The minimum Gasteiger partial charge on any atom is -0.370 e. The zero-order chi connectivity index (χ0) is 14.8. The van der Waals surface area contributed by atoms with Gasteiger partial charge >= 0.3 is 0 Å². The van der Waals surface area contributed by atoms with Gasteiger partial charge in [0.15, 0.2) is 0 Å². The lowest BCUT2D eigenvalue weighted by Gasteiger charge is -2.34. The molecule has 1 aliphatic rings. The van der Waals surface area contributed by atoms with E-state index in [1.807, 2.05) is 30.7 Å². The lowest BCUT2D eigenvalue weighted by atomic mass is 9.93. The summed E-state index contributed by atoms with van der Waals surface area (Å²) in [4.78, 5) is 6.53. The number of hydrogen-bond donors (Lipinski definition) is 0. The van der Waals surface area contributed by atoms with Crippen LogP contribution in [0.4, 0.5) is 5.69 Å². The fourth-order valence-electron chi connectivity index (χ4n) is 3.09. The Hall–Kier alpha value is -1.80. The maximum Gasteiger partial charge on any atom is 0.101 e. The van der Waals surface area contributed by atoms with E-state index in [-0.39, 0.29) is 0 Å². The molecule has 3 rings (SSSR count). The smallest absolute Gasteiger partial charge is 0.101 e. The molecule has 1 aromatic carbocycles. The molecule has 1 saturated heterocycles. The van der Waals surface area contributed by atoms with Gasteiger partial charge in [-0.05, 0) is 40.9 Å². The standard InChI is InChI=1S/C16H17BrN4/c1-20-11-19-10-15(20)12-5-7-21(8-6-12)16-13(9-18)3-2-4-14(16)17/h2-4,10-12H,5-8H2,1H3. The lowest BCUT2D eigenvalue weighted by Crippen LogP contribution is -2.34. The van der Waals surface area contributed by atoms with E-state index in [2.05, 4.69) is 43.5 Å². The molecule has 0 aliphatic carbocycles. The molecule has 4 nitrogen and oxygen atoms in total. The first-order valence-corrected chi connectivity index (χ1v) is 7.89. The van der Waals surface area contributed by atoms with Crippen LogP contribution in [0.1, 0.15) is 30.0 Å². The molecule has 21 heavy (non-hydrogen) atoms. The van der Waals surface area contributed by atoms with Crippen LogP contribution in [0.2, 0.25) is 0 Å². The molecule has 0 saturated carbocycles. The molecule has 1 aliphatic heterocycles. The Balaban J connectivity index is 1.78. The lowest BCUT2D eigenvalue weighted by molar-refractivity contribution is 0.485. The number of aryl methyl sites for hydroxylation is 1. The van der Waals surface area contributed by atoms with Gasteiger partial charge < -0.3 is 9.47 Å². The maximum atomic E-state index is 9.30. The summed E-state index contributed by atoms with van der Waals surface area (Å²) in [6, 6.07) is 8.09. The molecule has 2 heterocycles. The average Bonchev–Trinajstić information content (AvgIpc) is 2.93. The molecule has 0 atom stereocenters. The van der Waals surface area contributed by atoms with Gasteiger partial charge in [-0.1, -0.05) is 6.07 Å². The number of imidazole rings is 1. The molecule has 5 heteroatoms. The number of nitriles is 1. The van der Waals surface area contributed by atoms with Crippen LogP contribution in [-0.4, -0.2) is 22.6 Å². The van der Waals surface area contributed by atoms with Gasteiger partial charge in [0.05, 0.1) is 17.6 Å². The molecule has 0 spiro atoms. The van der Waals surface area contributed by atoms with Crippen LogP contribution in [0.15, 0.2) is 35.2 Å². The Morgan fingerprint density at radius 2 is 2.10 bits per heavy atom. The van der Waals surface area contributed by atoms with Crippen LogP contribution >= 0.6 is 15.9 Å². The predicted molar refractivity (Wildman–Crippen MR) is 86.3 cm³/mol. The van der Waals surface area contributed by atoms with Crippen LogP contribution in [0.25, 0.3) is 0 Å². The Labute approximate surface area is 133 Å². The van der Waals surface area contributed by atoms with E-state index in [0.29, 0.717) is 5.92 Å². The maximum absolute atomic E-state index is 9.30. The highest BCUT2D eigenvalue weighted by molar-refractivity contribution is 9.10. The molecular weight excluding hydrogens is 328 g/mol. The fourth-order valence-corrected chi connectivity index (χ4v) is 3.70. The van der Waals surface area contributed by atoms with Crippen LogP contribution in [0.5, 0.6) is 0 Å². The van der Waals surface area contributed by atoms with E-state index >= 15 is 0 Å². The number of piperidine rings is 1. The van der Waals surface area contributed by atoms with Crippen molar-refractivity contribution in [2.24, 2.45) is 7.05 Å². The van der Waals surface area contributed by atoms with Crippen molar-refractivity contribution in [2.75, 3.05) is 18.0 Å². The molecule has 1 fully saturated rings. The number of halogens is 1. The van der Waals surface area contributed by atoms with Gasteiger partial charge in [0.1, 0.15) is 6.07 Å². The summed E-state index contributed by atoms with van der Waals surface area (Å²) in [5, 5.41) is 9.30. The average molecular weight is 345 g/mol. The normalized spacial score (nSPS) is 16.0. The number of anilines is 1. The molecule has 0 radical (unpaired) electrons. The number of benzene rings is 1. The summed E-state index contributed by atoms with van der Waals surface area (Å²) in [6.07, 6.45) is 6.01. The highest BCUT2D eigenvalue weighted by atomic mass is 79.9. The van der Waals surface area contributed by atoms with Gasteiger partial charge in [0.25, 0.3) is 0 Å². The second kappa shape index (κ2) is 5.90. The zero-order valence-electron chi connectivity index (χ0n) is 12.0. The van der Waals surface area contributed by atoms with E-state index < -0.39 is 0 Å². The predicted octanol–water partition coefficient (Wildman–Crippen LogP) is 3.44. The minimum absolute atomic E-state index is 0.557. The van der Waals surface area contributed by atoms with Gasteiger partial charge in [0.2, 0.25) is 0 Å². The number of hydrogen-bond acceptors (Lipinski definition) is 3. The highest BCUT2D eigenvalue weighted by Gasteiger charge is 2.25. The van der Waals surface area contributed by atoms with Crippen molar-refractivity contribution in [3.8, 4) is 6.07 Å². The fraction of sp³-hybridized carbons (Fsp3) is 0.375. The first kappa shape index (κ1) is 14.2. The summed E-state index contributed by atoms with van der Waals surface area (Å²) >= 11 is 3.58. The Kier molecular flexibility index (Phi) is 3.98. The quantitative estimate of drug-likeness (QED) is 0.838. The Morgan fingerprint density at radius 3 is 2.71 bits per heavy atom. The molecule has 108 valence electrons. The Morgan fingerprint density at radius 1 is 1.33 bits per heavy atom. The molecular formula is C16H17BrN4. The van der Waals surface area contributed by atoms with Crippen LogP contribution in [0, 0.1) is 11.3 Å². The number of para-hydroxylation sites is 1. The van der Waals surface area contributed by atoms with Gasteiger partial charge in [-0.15, -0.1) is 0 Å². The zero-order valence-corrected chi connectivity index (χ0v) is 13.5. The van der Waals surface area contributed by atoms with Crippen molar-refractivity contribution < 1.29 is 0 Å². The van der Waals surface area contributed by atoms with E-state index in [0.717, 1.165) is 41.7 Å². The SMILES string of the molecule is Cn1cncc1C1CCN(c2c(Br)cccc2C#N)CC1. The van der Waals surface area contributed by atoms with Crippen LogP contribution in [-0.2, 0) is 7.05 Å². The van der Waals surface area contributed by atoms with Crippen LogP contribution < -0.4 is 4.90 Å². The van der Waals surface area contributed by atoms with E-state index in [1.165, 1.54) is 5.69 Å². The van der Waals surface area contributed by atoms with Crippen molar-refractivity contribution >= 4 is 21.6 Å². The topological polar surface area (TPSA) is 44.9 Å². The molecule has 0 N–H and O–H groups in total. The van der Waals surface area contributed by atoms with Gasteiger partial charge in [-0.3, -0.25) is 0 Å². The van der Waals surface area contributed by atoms with Crippen molar-refractivity contribution in [1.82, 2.24) is 9.55 Å². The monoisotopic (exact) mass is 344 g/mol. The summed E-state index contributed by atoms with van der Waals surface area (Å²) < 4.78 is 3.11. The Bertz CT molecular complexity index is 678. The molecule has 1 aromatic heterocycles. The first-order valence-electron chi connectivity index (χ1n) is 7.10. The molecule has 2 aromatic rings. The summed E-state index contributed by atoms with van der Waals surface area (Å²) in [5.41, 5.74) is 3.08. The van der Waals surface area contributed by atoms with Crippen molar-refractivity contribution in [1.29, 1.82) is 5.26 Å². The van der Waals surface area contributed by atoms with Crippen molar-refractivity contribution in [3.05, 3.63) is 46.5 Å². The van der Waals surface area contributed by atoms with Gasteiger partial charge in [-0.2, -0.15) is 5.26 Å². The third-order valence-corrected chi connectivity index (χ3v) is 4.83. The van der Waals surface area contributed by atoms with Gasteiger partial charge in [0, 0.05) is 42.4 Å². The van der Waals surface area contributed by atoms with Gasteiger partial charge in [-0.25, -0.2) is 4.98 Å². The van der Waals surface area contributed by atoms with E-state index in [4.69, 9.17) is 0 Å². The number of rotatable bonds is 2.